The molecule has 6 heteroatoms. The summed E-state index contributed by atoms with van der Waals surface area (Å²) in [7, 11) is 0. The zero-order valence-corrected chi connectivity index (χ0v) is 12.3. The van der Waals surface area contributed by atoms with E-state index in [4.69, 9.17) is 11.6 Å². The molecule has 1 aromatic rings. The highest BCUT2D eigenvalue weighted by molar-refractivity contribution is 6.33. The van der Waals surface area contributed by atoms with Crippen molar-refractivity contribution in [1.82, 2.24) is 5.32 Å². The number of benzene rings is 1. The van der Waals surface area contributed by atoms with E-state index in [1.807, 2.05) is 0 Å². The van der Waals surface area contributed by atoms with E-state index in [0.717, 1.165) is 37.8 Å². The lowest BCUT2D eigenvalue weighted by Crippen LogP contribution is -2.54. The Morgan fingerprint density at radius 1 is 1.19 bits per heavy atom. The van der Waals surface area contributed by atoms with Crippen LogP contribution in [0.4, 0.5) is 4.39 Å². The zero-order valence-electron chi connectivity index (χ0n) is 11.5. The van der Waals surface area contributed by atoms with Crippen molar-refractivity contribution in [3.05, 3.63) is 34.6 Å². The molecular weight excluding hydrogens is 297 g/mol. The summed E-state index contributed by atoms with van der Waals surface area (Å²) >= 11 is 5.85. The van der Waals surface area contributed by atoms with Gasteiger partial charge in [0.25, 0.3) is 5.91 Å². The van der Waals surface area contributed by atoms with Gasteiger partial charge in [0.15, 0.2) is 0 Å². The average molecular weight is 314 g/mol. The number of nitrogens with one attached hydrogen (secondary N) is 1. The second kappa shape index (κ2) is 6.43. The van der Waals surface area contributed by atoms with Crippen molar-refractivity contribution in [3.8, 4) is 0 Å². The fraction of sp³-hybridized carbons (Fsp3) is 0.467. The Morgan fingerprint density at radius 3 is 2.33 bits per heavy atom. The second-order valence-electron chi connectivity index (χ2n) is 5.38. The van der Waals surface area contributed by atoms with Gasteiger partial charge in [0.05, 0.1) is 10.6 Å². The first-order valence-corrected chi connectivity index (χ1v) is 7.33. The van der Waals surface area contributed by atoms with Crippen LogP contribution in [0.5, 0.6) is 0 Å². The van der Waals surface area contributed by atoms with E-state index in [0.29, 0.717) is 12.8 Å². The van der Waals surface area contributed by atoms with Gasteiger partial charge < -0.3 is 10.4 Å². The Bertz CT molecular complexity index is 554. The summed E-state index contributed by atoms with van der Waals surface area (Å²) in [4.78, 5) is 23.9. The number of carboxylic acid groups (broad SMARTS) is 1. The Hall–Kier alpha value is -1.62. The smallest absolute Gasteiger partial charge is 0.329 e. The third-order valence-corrected chi connectivity index (χ3v) is 4.21. The van der Waals surface area contributed by atoms with Crippen LogP contribution in [0.3, 0.4) is 0 Å². The third kappa shape index (κ3) is 3.53. The molecule has 21 heavy (non-hydrogen) atoms. The normalized spacial score (nSPS) is 17.8. The van der Waals surface area contributed by atoms with Gasteiger partial charge in [-0.25, -0.2) is 9.18 Å². The number of halogens is 2. The van der Waals surface area contributed by atoms with Crippen LogP contribution in [0.15, 0.2) is 18.2 Å². The molecule has 114 valence electrons. The summed E-state index contributed by atoms with van der Waals surface area (Å²) in [5.74, 6) is -2.15. The van der Waals surface area contributed by atoms with E-state index in [2.05, 4.69) is 5.32 Å². The molecule has 2 N–H and O–H groups in total. The van der Waals surface area contributed by atoms with Crippen molar-refractivity contribution in [1.29, 1.82) is 0 Å². The molecule has 1 aliphatic carbocycles. The molecule has 0 atom stereocenters. The molecule has 1 amide bonds. The van der Waals surface area contributed by atoms with Crippen molar-refractivity contribution in [2.24, 2.45) is 0 Å². The van der Waals surface area contributed by atoms with Crippen molar-refractivity contribution < 1.29 is 19.1 Å². The maximum absolute atomic E-state index is 13.0. The van der Waals surface area contributed by atoms with Gasteiger partial charge in [-0.2, -0.15) is 0 Å². The van der Waals surface area contributed by atoms with Gasteiger partial charge in [-0.1, -0.05) is 37.3 Å². The topological polar surface area (TPSA) is 66.4 Å². The van der Waals surface area contributed by atoms with Crippen LogP contribution in [-0.2, 0) is 4.79 Å². The summed E-state index contributed by atoms with van der Waals surface area (Å²) < 4.78 is 13.0. The molecule has 0 radical (unpaired) electrons. The highest BCUT2D eigenvalue weighted by Gasteiger charge is 2.40. The first-order chi connectivity index (χ1) is 9.94. The molecule has 1 aromatic carbocycles. The maximum Gasteiger partial charge on any atom is 0.329 e. The van der Waals surface area contributed by atoms with Gasteiger partial charge in [-0.15, -0.1) is 0 Å². The van der Waals surface area contributed by atoms with Crippen LogP contribution < -0.4 is 5.32 Å². The molecule has 0 spiro atoms. The molecule has 0 bridgehead atoms. The number of amides is 1. The van der Waals surface area contributed by atoms with Gasteiger partial charge in [-0.05, 0) is 31.0 Å². The zero-order chi connectivity index (χ0) is 15.5. The van der Waals surface area contributed by atoms with E-state index in [1.54, 1.807) is 0 Å². The van der Waals surface area contributed by atoms with Crippen LogP contribution in [0.25, 0.3) is 0 Å². The van der Waals surface area contributed by atoms with Gasteiger partial charge in [0.1, 0.15) is 11.4 Å². The molecule has 1 saturated carbocycles. The fourth-order valence-corrected chi connectivity index (χ4v) is 2.94. The van der Waals surface area contributed by atoms with Crippen LogP contribution in [0.2, 0.25) is 5.02 Å². The Morgan fingerprint density at radius 2 is 1.81 bits per heavy atom. The largest absolute Gasteiger partial charge is 0.480 e. The lowest BCUT2D eigenvalue weighted by atomic mass is 9.90. The maximum atomic E-state index is 13.0. The monoisotopic (exact) mass is 313 g/mol. The number of hydrogen-bond donors (Lipinski definition) is 2. The molecule has 4 nitrogen and oxygen atoms in total. The molecule has 2 rings (SSSR count). The molecule has 0 aliphatic heterocycles. The Balaban J connectivity index is 2.24. The van der Waals surface area contributed by atoms with E-state index in [9.17, 15) is 19.1 Å². The molecule has 0 unspecified atom stereocenters. The summed E-state index contributed by atoms with van der Waals surface area (Å²) in [5, 5.41) is 12.1. The Labute approximate surface area is 127 Å². The minimum Gasteiger partial charge on any atom is -0.480 e. The predicted octanol–water partition coefficient (Wildman–Crippen LogP) is 3.39. The van der Waals surface area contributed by atoms with Crippen molar-refractivity contribution >= 4 is 23.5 Å². The summed E-state index contributed by atoms with van der Waals surface area (Å²) in [6, 6.07) is 3.43. The summed E-state index contributed by atoms with van der Waals surface area (Å²) in [5.41, 5.74) is -1.17. The summed E-state index contributed by atoms with van der Waals surface area (Å²) in [6.45, 7) is 0. The third-order valence-electron chi connectivity index (χ3n) is 3.90. The van der Waals surface area contributed by atoms with Crippen LogP contribution in [0, 0.1) is 5.82 Å². The molecular formula is C15H17ClFNO3. The lowest BCUT2D eigenvalue weighted by Gasteiger charge is -2.29. The minimum atomic E-state index is -1.26. The van der Waals surface area contributed by atoms with E-state index in [1.165, 1.54) is 6.07 Å². The Kier molecular flexibility index (Phi) is 4.83. The quantitative estimate of drug-likeness (QED) is 0.841. The summed E-state index contributed by atoms with van der Waals surface area (Å²) in [6.07, 6.45) is 4.22. The van der Waals surface area contributed by atoms with Crippen LogP contribution in [-0.4, -0.2) is 22.5 Å². The highest BCUT2D eigenvalue weighted by atomic mass is 35.5. The second-order valence-corrected chi connectivity index (χ2v) is 5.79. The van der Waals surface area contributed by atoms with E-state index >= 15 is 0 Å². The van der Waals surface area contributed by atoms with E-state index in [-0.39, 0.29) is 10.6 Å². The number of rotatable bonds is 3. The van der Waals surface area contributed by atoms with Gasteiger partial charge in [0.2, 0.25) is 0 Å². The molecule has 1 aliphatic rings. The standard InChI is InChI=1S/C15H17ClFNO3/c16-12-9-10(17)5-6-11(12)13(19)18-15(14(20)21)7-3-1-2-4-8-15/h5-6,9H,1-4,7-8H2,(H,18,19)(H,20,21). The average Bonchev–Trinajstić information content (AvgIpc) is 2.65. The van der Waals surface area contributed by atoms with Crippen molar-refractivity contribution in [3.63, 3.8) is 0 Å². The molecule has 0 aromatic heterocycles. The molecule has 0 saturated heterocycles. The number of carbonyl (C=O) groups is 2. The van der Waals surface area contributed by atoms with E-state index < -0.39 is 23.2 Å². The number of hydrogen-bond acceptors (Lipinski definition) is 2. The van der Waals surface area contributed by atoms with Crippen LogP contribution in [0.1, 0.15) is 48.9 Å². The number of aliphatic carboxylic acids is 1. The number of carboxylic acids is 1. The van der Waals surface area contributed by atoms with Crippen LogP contribution >= 0.6 is 11.6 Å². The minimum absolute atomic E-state index is 0.0262. The SMILES string of the molecule is O=C(NC1(C(=O)O)CCCCCC1)c1ccc(F)cc1Cl. The first-order valence-electron chi connectivity index (χ1n) is 6.95. The van der Waals surface area contributed by atoms with Crippen molar-refractivity contribution in [2.75, 3.05) is 0 Å². The van der Waals surface area contributed by atoms with Crippen molar-refractivity contribution in [2.45, 2.75) is 44.1 Å². The number of carbonyl (C=O) groups excluding carboxylic acids is 1. The first kappa shape index (κ1) is 15.8. The van der Waals surface area contributed by atoms with Gasteiger partial charge in [0, 0.05) is 0 Å². The van der Waals surface area contributed by atoms with Gasteiger partial charge in [-0.3, -0.25) is 4.79 Å². The molecule has 0 heterocycles. The fourth-order valence-electron chi connectivity index (χ4n) is 2.68. The molecule has 1 fully saturated rings. The van der Waals surface area contributed by atoms with Gasteiger partial charge >= 0.3 is 5.97 Å². The highest BCUT2D eigenvalue weighted by Crippen LogP contribution is 2.28. The predicted molar refractivity (Wildman–Crippen MR) is 76.9 cm³/mol. The lowest BCUT2D eigenvalue weighted by molar-refractivity contribution is -0.145.